The van der Waals surface area contributed by atoms with Crippen molar-refractivity contribution in [2.75, 3.05) is 36.4 Å². The molecule has 2 N–H and O–H groups in total. The van der Waals surface area contributed by atoms with Gasteiger partial charge in [0.15, 0.2) is 0 Å². The highest BCUT2D eigenvalue weighted by Gasteiger charge is 2.15. The molecule has 1 aromatic heterocycles. The summed E-state index contributed by atoms with van der Waals surface area (Å²) in [5.41, 5.74) is 2.49. The Bertz CT molecular complexity index is 1380. The number of ether oxygens (including phenoxy) is 2. The summed E-state index contributed by atoms with van der Waals surface area (Å²) < 4.78 is 10.3. The number of aromatic nitrogens is 2. The maximum atomic E-state index is 12.6. The van der Waals surface area contributed by atoms with E-state index in [1.807, 2.05) is 24.3 Å². The Balaban J connectivity index is 1.43. The molecule has 0 fully saturated rings. The van der Waals surface area contributed by atoms with E-state index in [0.29, 0.717) is 54.0 Å². The molecule has 0 saturated heterocycles. The third kappa shape index (κ3) is 7.22. The van der Waals surface area contributed by atoms with Gasteiger partial charge in [0.25, 0.3) is 0 Å². The van der Waals surface area contributed by atoms with Gasteiger partial charge in [0.2, 0.25) is 11.8 Å². The van der Waals surface area contributed by atoms with E-state index >= 15 is 0 Å². The number of nitrogens with zero attached hydrogens (tertiary/aromatic N) is 2. The lowest BCUT2D eigenvalue weighted by atomic mass is 10.3. The maximum Gasteiger partial charge on any atom is 0.234 e. The predicted octanol–water partition coefficient (Wildman–Crippen LogP) is 6.42. The van der Waals surface area contributed by atoms with Gasteiger partial charge in [0.1, 0.15) is 21.6 Å². The summed E-state index contributed by atoms with van der Waals surface area (Å²) in [6.07, 6.45) is 0. The third-order valence-electron chi connectivity index (χ3n) is 5.06. The summed E-state index contributed by atoms with van der Waals surface area (Å²) in [5.74, 6) is 0.728. The van der Waals surface area contributed by atoms with Crippen LogP contribution < -0.4 is 20.1 Å². The zero-order chi connectivity index (χ0) is 27.1. The summed E-state index contributed by atoms with van der Waals surface area (Å²) in [5, 5.41) is 7.52. The molecule has 0 aliphatic heterocycles. The van der Waals surface area contributed by atoms with Crippen molar-refractivity contribution in [3.8, 4) is 11.5 Å². The van der Waals surface area contributed by atoms with Gasteiger partial charge in [-0.25, -0.2) is 9.97 Å². The highest BCUT2D eigenvalue weighted by molar-refractivity contribution is 8.02. The number of rotatable bonds is 10. The summed E-state index contributed by atoms with van der Waals surface area (Å²) in [4.78, 5) is 34.6. The Hall–Kier alpha value is -3.18. The molecule has 196 valence electrons. The van der Waals surface area contributed by atoms with Crippen LogP contribution in [0.25, 0.3) is 11.0 Å². The van der Waals surface area contributed by atoms with Crippen LogP contribution in [0.3, 0.4) is 0 Å². The molecule has 38 heavy (non-hydrogen) atoms. The minimum absolute atomic E-state index is 0.0841. The van der Waals surface area contributed by atoms with Crippen LogP contribution in [0.4, 0.5) is 11.4 Å². The number of hydrogen-bond donors (Lipinski definition) is 2. The van der Waals surface area contributed by atoms with E-state index in [1.165, 1.54) is 37.7 Å². The van der Waals surface area contributed by atoms with E-state index in [4.69, 9.17) is 32.7 Å². The van der Waals surface area contributed by atoms with Crippen molar-refractivity contribution in [1.82, 2.24) is 9.97 Å². The van der Waals surface area contributed by atoms with E-state index in [9.17, 15) is 9.59 Å². The Morgan fingerprint density at radius 3 is 1.53 bits per heavy atom. The fourth-order valence-electron chi connectivity index (χ4n) is 3.31. The normalized spacial score (nSPS) is 10.7. The molecule has 4 aromatic rings. The van der Waals surface area contributed by atoms with Crippen molar-refractivity contribution in [3.05, 3.63) is 70.7 Å². The molecule has 12 heteroatoms. The number of halogens is 2. The van der Waals surface area contributed by atoms with Gasteiger partial charge in [-0.1, -0.05) is 58.9 Å². The van der Waals surface area contributed by atoms with Crippen LogP contribution in [-0.2, 0) is 9.59 Å². The average molecular weight is 590 g/mol. The molecule has 0 atom stereocenters. The fraction of sp³-hybridized carbons (Fsp3) is 0.154. The van der Waals surface area contributed by atoms with Gasteiger partial charge in [-0.05, 0) is 48.5 Å². The molecule has 0 saturated carbocycles. The van der Waals surface area contributed by atoms with Crippen LogP contribution in [0.2, 0.25) is 10.0 Å². The molecule has 4 rings (SSSR count). The van der Waals surface area contributed by atoms with Crippen LogP contribution in [0.1, 0.15) is 0 Å². The lowest BCUT2D eigenvalue weighted by Gasteiger charge is -2.11. The fourth-order valence-corrected chi connectivity index (χ4v) is 5.52. The van der Waals surface area contributed by atoms with Gasteiger partial charge in [-0.2, -0.15) is 0 Å². The number of para-hydroxylation sites is 2. The highest BCUT2D eigenvalue weighted by atomic mass is 35.5. The lowest BCUT2D eigenvalue weighted by molar-refractivity contribution is -0.114. The number of amides is 2. The van der Waals surface area contributed by atoms with Gasteiger partial charge in [-0.15, -0.1) is 0 Å². The van der Waals surface area contributed by atoms with Crippen molar-refractivity contribution in [2.24, 2.45) is 0 Å². The summed E-state index contributed by atoms with van der Waals surface area (Å²) in [6, 6.07) is 17.4. The predicted molar refractivity (Wildman–Crippen MR) is 154 cm³/mol. The van der Waals surface area contributed by atoms with Crippen LogP contribution in [0, 0.1) is 0 Å². The van der Waals surface area contributed by atoms with Gasteiger partial charge in [0.05, 0.1) is 46.8 Å². The van der Waals surface area contributed by atoms with E-state index < -0.39 is 0 Å². The summed E-state index contributed by atoms with van der Waals surface area (Å²) in [6.45, 7) is 0. The SMILES string of the molecule is COc1ccc(NC(=O)CSc2nc3ccccc3nc2SCC(=O)Nc2ccc(OC)c(Cl)c2)cc1Cl. The number of methoxy groups -OCH3 is 2. The molecule has 2 amide bonds. The number of carbonyl (C=O) groups excluding carboxylic acids is 2. The van der Waals surface area contributed by atoms with Gasteiger partial charge in [0, 0.05) is 11.4 Å². The molecule has 0 unspecified atom stereocenters. The van der Waals surface area contributed by atoms with Gasteiger partial charge < -0.3 is 20.1 Å². The second-order valence-electron chi connectivity index (χ2n) is 7.69. The van der Waals surface area contributed by atoms with Crippen LogP contribution in [-0.4, -0.2) is 47.5 Å². The van der Waals surface area contributed by atoms with Crippen LogP contribution in [0.5, 0.6) is 11.5 Å². The number of benzene rings is 3. The molecule has 0 bridgehead atoms. The third-order valence-corrected chi connectivity index (χ3v) is 7.71. The number of fused-ring (bicyclic) bond motifs is 1. The topological polar surface area (TPSA) is 102 Å². The maximum absolute atomic E-state index is 12.6. The monoisotopic (exact) mass is 588 g/mol. The molecular weight excluding hydrogens is 567 g/mol. The lowest BCUT2D eigenvalue weighted by Crippen LogP contribution is -2.15. The zero-order valence-corrected chi connectivity index (χ0v) is 23.4. The molecule has 0 radical (unpaired) electrons. The van der Waals surface area contributed by atoms with E-state index in [0.717, 1.165) is 0 Å². The van der Waals surface area contributed by atoms with Crippen molar-refractivity contribution in [3.63, 3.8) is 0 Å². The average Bonchev–Trinajstić information content (AvgIpc) is 2.90. The molecule has 8 nitrogen and oxygen atoms in total. The van der Waals surface area contributed by atoms with E-state index in [-0.39, 0.29) is 23.3 Å². The van der Waals surface area contributed by atoms with Crippen molar-refractivity contribution < 1.29 is 19.1 Å². The van der Waals surface area contributed by atoms with Crippen LogP contribution in [0.15, 0.2) is 70.7 Å². The van der Waals surface area contributed by atoms with Crippen LogP contribution >= 0.6 is 46.7 Å². The number of hydrogen-bond acceptors (Lipinski definition) is 8. The zero-order valence-electron chi connectivity index (χ0n) is 20.3. The molecular formula is C26H22Cl2N4O4S2. The standard InChI is InChI=1S/C26H22Cl2N4O4S2/c1-35-21-9-7-15(11-17(21)27)29-23(33)13-37-25-26(32-20-6-4-3-5-19(20)31-25)38-14-24(34)30-16-8-10-22(36-2)18(28)12-16/h3-12H,13-14H2,1-2H3,(H,29,33)(H,30,34). The number of thioether (sulfide) groups is 2. The Morgan fingerprint density at radius 1 is 0.737 bits per heavy atom. The second kappa shape index (κ2) is 13.1. The Morgan fingerprint density at radius 2 is 1.16 bits per heavy atom. The van der Waals surface area contributed by atoms with Crippen molar-refractivity contribution >= 4 is 80.9 Å². The molecule has 1 heterocycles. The van der Waals surface area contributed by atoms with Crippen molar-refractivity contribution in [2.45, 2.75) is 10.1 Å². The minimum Gasteiger partial charge on any atom is -0.495 e. The van der Waals surface area contributed by atoms with Gasteiger partial charge >= 0.3 is 0 Å². The molecule has 3 aromatic carbocycles. The van der Waals surface area contributed by atoms with E-state index in [2.05, 4.69) is 20.6 Å². The first-order valence-electron chi connectivity index (χ1n) is 11.2. The summed E-state index contributed by atoms with van der Waals surface area (Å²) in [7, 11) is 3.04. The molecule has 0 aliphatic carbocycles. The van der Waals surface area contributed by atoms with Gasteiger partial charge in [-0.3, -0.25) is 9.59 Å². The quantitative estimate of drug-likeness (QED) is 0.205. The summed E-state index contributed by atoms with van der Waals surface area (Å²) >= 11 is 14.8. The Kier molecular flexibility index (Phi) is 9.57. The number of nitrogens with one attached hydrogen (secondary N) is 2. The second-order valence-corrected chi connectivity index (χ2v) is 10.4. The van der Waals surface area contributed by atoms with Crippen molar-refractivity contribution in [1.29, 1.82) is 0 Å². The van der Waals surface area contributed by atoms with E-state index in [1.54, 1.807) is 36.4 Å². The molecule has 0 spiro atoms. The number of anilines is 2. The molecule has 0 aliphatic rings. The first kappa shape index (κ1) is 27.8. The highest BCUT2D eigenvalue weighted by Crippen LogP contribution is 2.32. The Labute approximate surface area is 237 Å². The number of carbonyl (C=O) groups is 2. The first-order chi connectivity index (χ1) is 18.4. The largest absolute Gasteiger partial charge is 0.495 e. The first-order valence-corrected chi connectivity index (χ1v) is 13.9. The smallest absolute Gasteiger partial charge is 0.234 e. The minimum atomic E-state index is -0.240.